The Morgan fingerprint density at radius 2 is 1.92 bits per heavy atom. The summed E-state index contributed by atoms with van der Waals surface area (Å²) in [7, 11) is 0. The third-order valence-electron chi connectivity index (χ3n) is 3.22. The Hall–Kier alpha value is -1.86. The zero-order chi connectivity index (χ0) is 18.4. The van der Waals surface area contributed by atoms with Crippen LogP contribution in [0.25, 0.3) is 11.5 Å². The van der Waals surface area contributed by atoms with Gasteiger partial charge in [0.1, 0.15) is 5.78 Å². The first-order valence-corrected chi connectivity index (χ1v) is 9.14. The molecule has 0 saturated carbocycles. The van der Waals surface area contributed by atoms with Gasteiger partial charge in [0.25, 0.3) is 5.22 Å². The molecule has 0 spiro atoms. The fraction of sp³-hybridized carbons (Fsp3) is 0.412. The highest BCUT2D eigenvalue weighted by Gasteiger charge is 2.22. The first-order valence-electron chi connectivity index (χ1n) is 7.78. The minimum Gasteiger partial charge on any atom is -0.411 e. The van der Waals surface area contributed by atoms with Crippen LogP contribution in [0.1, 0.15) is 33.6 Å². The van der Waals surface area contributed by atoms with E-state index in [1.165, 1.54) is 18.7 Å². The highest BCUT2D eigenvalue weighted by Crippen LogP contribution is 2.24. The van der Waals surface area contributed by atoms with Crippen LogP contribution >= 0.6 is 23.4 Å². The second kappa shape index (κ2) is 8.49. The van der Waals surface area contributed by atoms with E-state index in [0.29, 0.717) is 34.7 Å². The number of carbonyl (C=O) groups excluding carboxylic acids is 2. The Morgan fingerprint density at radius 1 is 1.24 bits per heavy atom. The van der Waals surface area contributed by atoms with E-state index < -0.39 is 5.54 Å². The molecule has 1 amide bonds. The number of amides is 1. The lowest BCUT2D eigenvalue weighted by molar-refractivity contribution is -0.123. The topological polar surface area (TPSA) is 85.1 Å². The Morgan fingerprint density at radius 3 is 2.56 bits per heavy atom. The maximum atomic E-state index is 12.0. The Labute approximate surface area is 155 Å². The van der Waals surface area contributed by atoms with Gasteiger partial charge in [-0.05, 0) is 45.0 Å². The van der Waals surface area contributed by atoms with Gasteiger partial charge in [0.05, 0.1) is 0 Å². The van der Waals surface area contributed by atoms with E-state index >= 15 is 0 Å². The van der Waals surface area contributed by atoms with Gasteiger partial charge in [-0.3, -0.25) is 9.59 Å². The fourth-order valence-corrected chi connectivity index (χ4v) is 3.14. The van der Waals surface area contributed by atoms with Gasteiger partial charge in [-0.15, -0.1) is 10.2 Å². The van der Waals surface area contributed by atoms with Gasteiger partial charge in [-0.2, -0.15) is 0 Å². The molecule has 134 valence electrons. The summed E-state index contributed by atoms with van der Waals surface area (Å²) in [5.74, 6) is 0.840. The van der Waals surface area contributed by atoms with Crippen LogP contribution in [0.3, 0.4) is 0 Å². The second-order valence-electron chi connectivity index (χ2n) is 6.29. The number of rotatable bonds is 8. The van der Waals surface area contributed by atoms with Crippen LogP contribution in [0, 0.1) is 0 Å². The van der Waals surface area contributed by atoms with Crippen LogP contribution in [0.4, 0.5) is 0 Å². The highest BCUT2D eigenvalue weighted by molar-refractivity contribution is 7.99. The number of hydrogen-bond donors (Lipinski definition) is 1. The number of hydrogen-bond acceptors (Lipinski definition) is 6. The molecule has 1 N–H and O–H groups in total. The standard InChI is InChI=1S/C17H20ClN3O3S/c1-11(22)10-17(2,3)19-14(23)8-9-25-16-21-20-15(24-16)12-4-6-13(18)7-5-12/h4-7H,8-10H2,1-3H3,(H,19,23). The normalized spacial score (nSPS) is 11.4. The summed E-state index contributed by atoms with van der Waals surface area (Å²) in [4.78, 5) is 23.2. The quantitative estimate of drug-likeness (QED) is 0.701. The van der Waals surface area contributed by atoms with E-state index in [2.05, 4.69) is 15.5 Å². The monoisotopic (exact) mass is 381 g/mol. The fourth-order valence-electron chi connectivity index (χ4n) is 2.31. The van der Waals surface area contributed by atoms with Crippen molar-refractivity contribution in [2.24, 2.45) is 0 Å². The van der Waals surface area contributed by atoms with E-state index in [1.807, 2.05) is 13.8 Å². The summed E-state index contributed by atoms with van der Waals surface area (Å²) in [5, 5.41) is 11.8. The average molecular weight is 382 g/mol. The molecule has 0 atom stereocenters. The third kappa shape index (κ3) is 6.51. The van der Waals surface area contributed by atoms with Crippen molar-refractivity contribution < 1.29 is 14.0 Å². The summed E-state index contributed by atoms with van der Waals surface area (Å²) < 4.78 is 5.57. The predicted molar refractivity (Wildman–Crippen MR) is 97.6 cm³/mol. The number of thioether (sulfide) groups is 1. The molecule has 0 aliphatic carbocycles. The molecular formula is C17H20ClN3O3S. The Balaban J connectivity index is 1.81. The van der Waals surface area contributed by atoms with Gasteiger partial charge in [0.2, 0.25) is 11.8 Å². The number of benzene rings is 1. The van der Waals surface area contributed by atoms with Crippen LogP contribution in [0.15, 0.2) is 33.9 Å². The third-order valence-corrected chi connectivity index (χ3v) is 4.29. The van der Waals surface area contributed by atoms with Gasteiger partial charge in [0.15, 0.2) is 0 Å². The van der Waals surface area contributed by atoms with Crippen molar-refractivity contribution >= 4 is 35.1 Å². The summed E-state index contributed by atoms with van der Waals surface area (Å²) in [6.07, 6.45) is 0.602. The summed E-state index contributed by atoms with van der Waals surface area (Å²) in [6, 6.07) is 7.10. The van der Waals surface area contributed by atoms with Crippen LogP contribution in [-0.2, 0) is 9.59 Å². The molecule has 0 aliphatic heterocycles. The second-order valence-corrected chi connectivity index (χ2v) is 7.77. The van der Waals surface area contributed by atoms with Gasteiger partial charge in [0, 0.05) is 34.7 Å². The molecule has 0 fully saturated rings. The van der Waals surface area contributed by atoms with E-state index in [1.54, 1.807) is 24.3 Å². The van der Waals surface area contributed by atoms with Crippen LogP contribution in [0.2, 0.25) is 5.02 Å². The minimum atomic E-state index is -0.542. The summed E-state index contributed by atoms with van der Waals surface area (Å²) in [6.45, 7) is 5.17. The number of aromatic nitrogens is 2. The van der Waals surface area contributed by atoms with Gasteiger partial charge < -0.3 is 9.73 Å². The number of Topliss-reactive ketones (excluding diaryl/α,β-unsaturated/α-hetero) is 1. The number of ketones is 1. The first kappa shape index (κ1) is 19.5. The molecule has 0 saturated heterocycles. The molecule has 2 rings (SSSR count). The maximum Gasteiger partial charge on any atom is 0.276 e. The number of nitrogens with zero attached hydrogens (tertiary/aromatic N) is 2. The molecule has 0 bridgehead atoms. The van der Waals surface area contributed by atoms with E-state index in [9.17, 15) is 9.59 Å². The Kier molecular flexibility index (Phi) is 6.61. The average Bonchev–Trinajstić information content (AvgIpc) is 2.94. The van der Waals surface area contributed by atoms with Crippen molar-refractivity contribution in [2.75, 3.05) is 5.75 Å². The van der Waals surface area contributed by atoms with E-state index in [4.69, 9.17) is 16.0 Å². The van der Waals surface area contributed by atoms with E-state index in [0.717, 1.165) is 5.56 Å². The molecule has 1 aromatic carbocycles. The van der Waals surface area contributed by atoms with Crippen molar-refractivity contribution in [3.63, 3.8) is 0 Å². The molecule has 0 radical (unpaired) electrons. The molecular weight excluding hydrogens is 362 g/mol. The Bertz CT molecular complexity index is 744. The number of nitrogens with one attached hydrogen (secondary N) is 1. The van der Waals surface area contributed by atoms with Crippen molar-refractivity contribution in [1.82, 2.24) is 15.5 Å². The van der Waals surface area contributed by atoms with E-state index in [-0.39, 0.29) is 11.7 Å². The molecule has 1 heterocycles. The molecule has 1 aromatic heterocycles. The maximum absolute atomic E-state index is 12.0. The zero-order valence-corrected chi connectivity index (χ0v) is 15.9. The lowest BCUT2D eigenvalue weighted by Gasteiger charge is -2.24. The molecule has 2 aromatic rings. The lowest BCUT2D eigenvalue weighted by Crippen LogP contribution is -2.44. The number of carbonyl (C=O) groups is 2. The van der Waals surface area contributed by atoms with Gasteiger partial charge in [-0.1, -0.05) is 23.4 Å². The highest BCUT2D eigenvalue weighted by atomic mass is 35.5. The predicted octanol–water partition coefficient (Wildman–Crippen LogP) is 3.75. The zero-order valence-electron chi connectivity index (χ0n) is 14.3. The largest absolute Gasteiger partial charge is 0.411 e. The van der Waals surface area contributed by atoms with Crippen molar-refractivity contribution in [1.29, 1.82) is 0 Å². The van der Waals surface area contributed by atoms with Gasteiger partial charge >= 0.3 is 0 Å². The van der Waals surface area contributed by atoms with Crippen LogP contribution < -0.4 is 5.32 Å². The first-order chi connectivity index (χ1) is 11.7. The molecule has 0 unspecified atom stereocenters. The molecule has 6 nitrogen and oxygen atoms in total. The number of halogens is 1. The van der Waals surface area contributed by atoms with Crippen LogP contribution in [-0.4, -0.2) is 33.2 Å². The van der Waals surface area contributed by atoms with Crippen LogP contribution in [0.5, 0.6) is 0 Å². The van der Waals surface area contributed by atoms with Crippen molar-refractivity contribution in [3.8, 4) is 11.5 Å². The van der Waals surface area contributed by atoms with Crippen molar-refractivity contribution in [3.05, 3.63) is 29.3 Å². The summed E-state index contributed by atoms with van der Waals surface area (Å²) in [5.41, 5.74) is 0.243. The molecule has 8 heteroatoms. The van der Waals surface area contributed by atoms with Gasteiger partial charge in [-0.25, -0.2) is 0 Å². The van der Waals surface area contributed by atoms with Crippen molar-refractivity contribution in [2.45, 2.75) is 44.4 Å². The smallest absolute Gasteiger partial charge is 0.276 e. The summed E-state index contributed by atoms with van der Waals surface area (Å²) >= 11 is 7.16. The minimum absolute atomic E-state index is 0.0419. The molecule has 0 aliphatic rings. The lowest BCUT2D eigenvalue weighted by atomic mass is 9.98. The SMILES string of the molecule is CC(=O)CC(C)(C)NC(=O)CCSc1nnc(-c2ccc(Cl)cc2)o1. The molecule has 25 heavy (non-hydrogen) atoms.